The Bertz CT molecular complexity index is 540. The molecule has 0 saturated carbocycles. The molecule has 0 aromatic heterocycles. The van der Waals surface area contributed by atoms with Gasteiger partial charge in [0.05, 0.1) is 0 Å². The summed E-state index contributed by atoms with van der Waals surface area (Å²) in [5, 5.41) is 0. The van der Waals surface area contributed by atoms with Gasteiger partial charge in [0.25, 0.3) is 0 Å². The van der Waals surface area contributed by atoms with Crippen molar-refractivity contribution in [1.29, 1.82) is 0 Å². The van der Waals surface area contributed by atoms with Crippen LogP contribution in [-0.4, -0.2) is 11.4 Å². The smallest absolute Gasteiger partial charge is 0.125 e. The molecule has 2 rings (SSSR count). The van der Waals surface area contributed by atoms with E-state index in [-0.39, 0.29) is 5.82 Å². The maximum Gasteiger partial charge on any atom is 0.125 e. The van der Waals surface area contributed by atoms with Gasteiger partial charge >= 0.3 is 0 Å². The number of rotatable bonds is 6. The van der Waals surface area contributed by atoms with Gasteiger partial charge in [-0.05, 0) is 36.2 Å². The predicted octanol–water partition coefficient (Wildman–Crippen LogP) is 3.82. The highest BCUT2D eigenvalue weighted by atomic mass is 19.1. The maximum absolute atomic E-state index is 13.1. The van der Waals surface area contributed by atoms with Gasteiger partial charge in [-0.25, -0.2) is 4.39 Å². The Labute approximate surface area is 120 Å². The number of nitrogens with two attached hydrogens (primary N) is 1. The highest BCUT2D eigenvalue weighted by Crippen LogP contribution is 2.17. The molecule has 0 heterocycles. The lowest BCUT2D eigenvalue weighted by atomic mass is 10.1. The largest absolute Gasteiger partial charge is 0.398 e. The lowest BCUT2D eigenvalue weighted by molar-refractivity contribution is 0.257. The molecule has 3 heteroatoms. The first-order valence-corrected chi connectivity index (χ1v) is 6.99. The summed E-state index contributed by atoms with van der Waals surface area (Å²) in [6, 6.07) is 15.0. The van der Waals surface area contributed by atoms with Crippen LogP contribution in [0.5, 0.6) is 0 Å². The highest BCUT2D eigenvalue weighted by Gasteiger charge is 2.09. The van der Waals surface area contributed by atoms with Crippen LogP contribution in [0.1, 0.15) is 24.5 Å². The molecular weight excluding hydrogens is 251 g/mol. The molecule has 0 unspecified atom stereocenters. The van der Waals surface area contributed by atoms with Gasteiger partial charge in [-0.15, -0.1) is 0 Å². The third kappa shape index (κ3) is 4.07. The van der Waals surface area contributed by atoms with Crippen LogP contribution in [-0.2, 0) is 13.1 Å². The average molecular weight is 272 g/mol. The SMILES string of the molecule is CCCN(Cc1ccccc1)Cc1ccc(F)cc1N. The van der Waals surface area contributed by atoms with Crippen LogP contribution in [0.3, 0.4) is 0 Å². The molecule has 0 bridgehead atoms. The molecule has 106 valence electrons. The molecular formula is C17H21FN2. The minimum absolute atomic E-state index is 0.281. The van der Waals surface area contributed by atoms with Crippen molar-refractivity contribution in [3.05, 3.63) is 65.5 Å². The molecule has 0 aliphatic rings. The van der Waals surface area contributed by atoms with Crippen LogP contribution in [0.25, 0.3) is 0 Å². The van der Waals surface area contributed by atoms with Crippen molar-refractivity contribution in [2.75, 3.05) is 12.3 Å². The van der Waals surface area contributed by atoms with Crippen molar-refractivity contribution in [2.24, 2.45) is 0 Å². The second kappa shape index (κ2) is 7.06. The number of anilines is 1. The van der Waals surface area contributed by atoms with Crippen molar-refractivity contribution in [3.63, 3.8) is 0 Å². The van der Waals surface area contributed by atoms with E-state index in [1.165, 1.54) is 17.7 Å². The Morgan fingerprint density at radius 3 is 2.45 bits per heavy atom. The fraction of sp³-hybridized carbons (Fsp3) is 0.294. The molecule has 2 N–H and O–H groups in total. The Kier molecular flexibility index (Phi) is 5.13. The van der Waals surface area contributed by atoms with Crippen molar-refractivity contribution >= 4 is 5.69 Å². The van der Waals surface area contributed by atoms with Crippen LogP contribution in [0.4, 0.5) is 10.1 Å². The molecule has 0 spiro atoms. The van der Waals surface area contributed by atoms with E-state index in [2.05, 4.69) is 24.0 Å². The van der Waals surface area contributed by atoms with Gasteiger partial charge in [-0.1, -0.05) is 43.3 Å². The molecule has 0 saturated heterocycles. The minimum Gasteiger partial charge on any atom is -0.398 e. The maximum atomic E-state index is 13.1. The van der Waals surface area contributed by atoms with Gasteiger partial charge in [-0.2, -0.15) is 0 Å². The van der Waals surface area contributed by atoms with E-state index < -0.39 is 0 Å². The first-order chi connectivity index (χ1) is 9.69. The Balaban J connectivity index is 2.09. The van der Waals surface area contributed by atoms with Gasteiger partial charge in [0.1, 0.15) is 5.82 Å². The van der Waals surface area contributed by atoms with Gasteiger partial charge in [0.2, 0.25) is 0 Å². The van der Waals surface area contributed by atoms with E-state index >= 15 is 0 Å². The number of nitrogen functional groups attached to an aromatic ring is 1. The Hall–Kier alpha value is -1.87. The topological polar surface area (TPSA) is 29.3 Å². The number of hydrogen-bond donors (Lipinski definition) is 1. The first-order valence-electron chi connectivity index (χ1n) is 6.99. The summed E-state index contributed by atoms with van der Waals surface area (Å²) in [5.74, 6) is -0.281. The number of benzene rings is 2. The third-order valence-electron chi connectivity index (χ3n) is 3.29. The monoisotopic (exact) mass is 272 g/mol. The van der Waals surface area contributed by atoms with Crippen LogP contribution in [0, 0.1) is 5.82 Å². The molecule has 0 atom stereocenters. The molecule has 0 radical (unpaired) electrons. The van der Waals surface area contributed by atoms with E-state index in [1.54, 1.807) is 6.07 Å². The third-order valence-corrected chi connectivity index (χ3v) is 3.29. The Morgan fingerprint density at radius 2 is 1.80 bits per heavy atom. The number of halogens is 1. The minimum atomic E-state index is -0.281. The van der Waals surface area contributed by atoms with Crippen molar-refractivity contribution in [3.8, 4) is 0 Å². The van der Waals surface area contributed by atoms with Gasteiger partial charge in [-0.3, -0.25) is 4.90 Å². The average Bonchev–Trinajstić information content (AvgIpc) is 2.43. The molecule has 0 amide bonds. The summed E-state index contributed by atoms with van der Waals surface area (Å²) in [6.07, 6.45) is 1.08. The molecule has 0 aliphatic carbocycles. The summed E-state index contributed by atoms with van der Waals surface area (Å²) in [5.41, 5.74) is 8.68. The molecule has 2 nitrogen and oxygen atoms in total. The molecule has 2 aromatic rings. The van der Waals surface area contributed by atoms with Gasteiger partial charge in [0, 0.05) is 18.8 Å². The predicted molar refractivity (Wildman–Crippen MR) is 81.7 cm³/mol. The van der Waals surface area contributed by atoms with Crippen LogP contribution < -0.4 is 5.73 Å². The van der Waals surface area contributed by atoms with Gasteiger partial charge < -0.3 is 5.73 Å². The zero-order chi connectivity index (χ0) is 14.4. The lowest BCUT2D eigenvalue weighted by Gasteiger charge is -2.22. The summed E-state index contributed by atoms with van der Waals surface area (Å²) in [4.78, 5) is 2.33. The molecule has 0 fully saturated rings. The quantitative estimate of drug-likeness (QED) is 0.810. The van der Waals surface area contributed by atoms with Crippen LogP contribution in [0.15, 0.2) is 48.5 Å². The van der Waals surface area contributed by atoms with Crippen LogP contribution >= 0.6 is 0 Å². The van der Waals surface area contributed by atoms with E-state index in [1.807, 2.05) is 18.2 Å². The first kappa shape index (κ1) is 14.5. The van der Waals surface area contributed by atoms with Gasteiger partial charge in [0.15, 0.2) is 0 Å². The lowest BCUT2D eigenvalue weighted by Crippen LogP contribution is -2.24. The summed E-state index contributed by atoms with van der Waals surface area (Å²) < 4.78 is 13.1. The normalized spacial score (nSPS) is 10.9. The fourth-order valence-corrected chi connectivity index (χ4v) is 2.32. The van der Waals surface area contributed by atoms with E-state index in [4.69, 9.17) is 5.73 Å². The second-order valence-corrected chi connectivity index (χ2v) is 5.04. The van der Waals surface area contributed by atoms with Crippen molar-refractivity contribution in [2.45, 2.75) is 26.4 Å². The molecule has 20 heavy (non-hydrogen) atoms. The fourth-order valence-electron chi connectivity index (χ4n) is 2.32. The van der Waals surface area contributed by atoms with Crippen LogP contribution in [0.2, 0.25) is 0 Å². The zero-order valence-corrected chi connectivity index (χ0v) is 11.8. The number of nitrogens with zero attached hydrogens (tertiary/aromatic N) is 1. The standard InChI is InChI=1S/C17H21FN2/c1-2-10-20(12-14-6-4-3-5-7-14)13-15-8-9-16(18)11-17(15)19/h3-9,11H,2,10,12-13,19H2,1H3. The summed E-state index contributed by atoms with van der Waals surface area (Å²) in [6.45, 7) is 4.78. The number of hydrogen-bond acceptors (Lipinski definition) is 2. The zero-order valence-electron chi connectivity index (χ0n) is 11.8. The molecule has 2 aromatic carbocycles. The van der Waals surface area contributed by atoms with Crippen molar-refractivity contribution in [1.82, 2.24) is 4.90 Å². The second-order valence-electron chi connectivity index (χ2n) is 5.04. The molecule has 0 aliphatic heterocycles. The Morgan fingerprint density at radius 1 is 1.05 bits per heavy atom. The van der Waals surface area contributed by atoms with Crippen molar-refractivity contribution < 1.29 is 4.39 Å². The summed E-state index contributed by atoms with van der Waals surface area (Å²) in [7, 11) is 0. The highest BCUT2D eigenvalue weighted by molar-refractivity contribution is 5.46. The summed E-state index contributed by atoms with van der Waals surface area (Å²) >= 11 is 0. The van der Waals surface area contributed by atoms with E-state index in [9.17, 15) is 4.39 Å². The van der Waals surface area contributed by atoms with E-state index in [0.717, 1.165) is 31.6 Å². The van der Waals surface area contributed by atoms with E-state index in [0.29, 0.717) is 5.69 Å².